The second kappa shape index (κ2) is 4.91. The molecule has 0 aliphatic carbocycles. The quantitative estimate of drug-likeness (QED) is 0.746. The number of aliphatic hydroxyl groups is 1. The highest BCUT2D eigenvalue weighted by atomic mass is 16.3. The Morgan fingerprint density at radius 1 is 1.47 bits per heavy atom. The van der Waals surface area contributed by atoms with Gasteiger partial charge < -0.3 is 15.7 Å². The van der Waals surface area contributed by atoms with Crippen LogP contribution in [0.25, 0.3) is 0 Å². The lowest BCUT2D eigenvalue weighted by Crippen LogP contribution is -2.23. The van der Waals surface area contributed by atoms with Crippen molar-refractivity contribution in [3.05, 3.63) is 35.4 Å². The van der Waals surface area contributed by atoms with Crippen LogP contribution < -0.4 is 5.73 Å². The van der Waals surface area contributed by atoms with Crippen molar-refractivity contribution >= 4 is 5.91 Å². The lowest BCUT2D eigenvalue weighted by molar-refractivity contribution is -0.126. The summed E-state index contributed by atoms with van der Waals surface area (Å²) < 4.78 is 0. The summed E-state index contributed by atoms with van der Waals surface area (Å²) in [5, 5.41) is 9.60. The smallest absolute Gasteiger partial charge is 0.250 e. The van der Waals surface area contributed by atoms with Crippen molar-refractivity contribution in [3.8, 4) is 0 Å². The zero-order valence-electron chi connectivity index (χ0n) is 8.97. The third-order valence-electron chi connectivity index (χ3n) is 2.11. The van der Waals surface area contributed by atoms with Gasteiger partial charge in [0.25, 0.3) is 5.91 Å². The molecule has 0 bridgehead atoms. The van der Waals surface area contributed by atoms with Gasteiger partial charge in [0.05, 0.1) is 0 Å². The van der Waals surface area contributed by atoms with E-state index in [-0.39, 0.29) is 0 Å². The number of rotatable bonds is 4. The summed E-state index contributed by atoms with van der Waals surface area (Å²) in [4.78, 5) is 12.9. The lowest BCUT2D eigenvalue weighted by atomic mass is 10.0. The summed E-state index contributed by atoms with van der Waals surface area (Å²) in [6.07, 6.45) is -1.22. The van der Waals surface area contributed by atoms with E-state index in [1.54, 1.807) is 12.1 Å². The van der Waals surface area contributed by atoms with Gasteiger partial charge in [-0.05, 0) is 25.2 Å². The largest absolute Gasteiger partial charge is 0.378 e. The molecule has 1 rings (SSSR count). The number of nitrogens with two attached hydrogens (primary N) is 1. The number of carbonyl (C=O) groups excluding carboxylic acids is 1. The number of benzene rings is 1. The average Bonchev–Trinajstić information content (AvgIpc) is 2.16. The van der Waals surface area contributed by atoms with Crippen LogP contribution in [-0.2, 0) is 11.3 Å². The molecule has 0 saturated carbocycles. The van der Waals surface area contributed by atoms with Crippen LogP contribution in [0.1, 0.15) is 17.2 Å². The molecule has 0 heterocycles. The minimum atomic E-state index is -1.22. The third-order valence-corrected chi connectivity index (χ3v) is 2.11. The Labute approximate surface area is 89.3 Å². The topological polar surface area (TPSA) is 66.6 Å². The molecule has 0 saturated heterocycles. The van der Waals surface area contributed by atoms with Crippen molar-refractivity contribution in [1.29, 1.82) is 0 Å². The minimum Gasteiger partial charge on any atom is -0.378 e. The van der Waals surface area contributed by atoms with E-state index in [1.165, 1.54) is 0 Å². The fourth-order valence-electron chi connectivity index (χ4n) is 1.44. The van der Waals surface area contributed by atoms with E-state index < -0.39 is 12.0 Å². The van der Waals surface area contributed by atoms with Gasteiger partial charge in [-0.2, -0.15) is 0 Å². The molecule has 0 spiro atoms. The van der Waals surface area contributed by atoms with Gasteiger partial charge in [0.2, 0.25) is 0 Å². The van der Waals surface area contributed by atoms with Crippen LogP contribution in [0.3, 0.4) is 0 Å². The maximum atomic E-state index is 10.9. The van der Waals surface area contributed by atoms with Crippen LogP contribution in [0.5, 0.6) is 0 Å². The zero-order chi connectivity index (χ0) is 11.4. The van der Waals surface area contributed by atoms with Crippen LogP contribution in [0.2, 0.25) is 0 Å². The van der Waals surface area contributed by atoms with Gasteiger partial charge in [0.15, 0.2) is 6.10 Å². The molecule has 82 valence electrons. The molecule has 0 aromatic heterocycles. The molecule has 0 aliphatic heterocycles. The predicted octanol–water partition coefficient (Wildman–Crippen LogP) is 0.267. The van der Waals surface area contributed by atoms with E-state index in [9.17, 15) is 9.90 Å². The van der Waals surface area contributed by atoms with Crippen molar-refractivity contribution in [2.75, 3.05) is 14.1 Å². The van der Waals surface area contributed by atoms with Crippen LogP contribution in [-0.4, -0.2) is 30.0 Å². The number of carbonyl (C=O) groups is 1. The summed E-state index contributed by atoms with van der Waals surface area (Å²) in [7, 11) is 3.85. The van der Waals surface area contributed by atoms with Crippen molar-refractivity contribution < 1.29 is 9.90 Å². The average molecular weight is 208 g/mol. The van der Waals surface area contributed by atoms with Gasteiger partial charge in [0.1, 0.15) is 0 Å². The maximum absolute atomic E-state index is 10.9. The van der Waals surface area contributed by atoms with Crippen molar-refractivity contribution in [2.45, 2.75) is 12.6 Å². The fourth-order valence-corrected chi connectivity index (χ4v) is 1.44. The molecule has 0 fully saturated rings. The molecule has 1 atom stereocenters. The Kier molecular flexibility index (Phi) is 3.82. The molecule has 0 radical (unpaired) electrons. The molecule has 0 aliphatic rings. The van der Waals surface area contributed by atoms with Crippen molar-refractivity contribution in [3.63, 3.8) is 0 Å². The van der Waals surface area contributed by atoms with Crippen LogP contribution >= 0.6 is 0 Å². The lowest BCUT2D eigenvalue weighted by Gasteiger charge is -2.16. The van der Waals surface area contributed by atoms with Crippen molar-refractivity contribution in [1.82, 2.24) is 4.90 Å². The Balaban J connectivity index is 3.00. The number of hydrogen-bond acceptors (Lipinski definition) is 3. The zero-order valence-corrected chi connectivity index (χ0v) is 8.97. The Hall–Kier alpha value is -1.39. The molecule has 1 aromatic carbocycles. The molecule has 1 aromatic rings. The first-order chi connectivity index (χ1) is 7.02. The highest BCUT2D eigenvalue weighted by molar-refractivity contribution is 5.80. The SMILES string of the molecule is CN(C)Cc1ccccc1C(O)C(N)=O. The summed E-state index contributed by atoms with van der Waals surface area (Å²) in [6, 6.07) is 7.24. The summed E-state index contributed by atoms with van der Waals surface area (Å²) in [5.74, 6) is -0.721. The summed E-state index contributed by atoms with van der Waals surface area (Å²) in [6.45, 7) is 0.667. The molecule has 1 unspecified atom stereocenters. The van der Waals surface area contributed by atoms with E-state index in [0.29, 0.717) is 12.1 Å². The Morgan fingerprint density at radius 3 is 2.60 bits per heavy atom. The van der Waals surface area contributed by atoms with Gasteiger partial charge in [-0.1, -0.05) is 24.3 Å². The standard InChI is InChI=1S/C11H16N2O2/c1-13(2)7-8-5-3-4-6-9(8)10(14)11(12)15/h3-6,10,14H,7H2,1-2H3,(H2,12,15). The number of hydrogen-bond donors (Lipinski definition) is 2. The highest BCUT2D eigenvalue weighted by Gasteiger charge is 2.16. The molecule has 3 N–H and O–H groups in total. The van der Waals surface area contributed by atoms with E-state index in [1.807, 2.05) is 31.1 Å². The van der Waals surface area contributed by atoms with Crippen LogP contribution in [0.4, 0.5) is 0 Å². The van der Waals surface area contributed by atoms with E-state index in [0.717, 1.165) is 5.56 Å². The molecule has 15 heavy (non-hydrogen) atoms. The first kappa shape index (κ1) is 11.7. The second-order valence-electron chi connectivity index (χ2n) is 3.74. The number of primary amides is 1. The normalized spacial score (nSPS) is 12.8. The first-order valence-corrected chi connectivity index (χ1v) is 4.72. The number of amides is 1. The van der Waals surface area contributed by atoms with Crippen molar-refractivity contribution in [2.24, 2.45) is 5.73 Å². The molecule has 4 nitrogen and oxygen atoms in total. The van der Waals surface area contributed by atoms with Gasteiger partial charge in [0, 0.05) is 6.54 Å². The van der Waals surface area contributed by atoms with E-state index in [2.05, 4.69) is 0 Å². The molecular formula is C11H16N2O2. The summed E-state index contributed by atoms with van der Waals surface area (Å²) in [5.41, 5.74) is 6.56. The van der Waals surface area contributed by atoms with E-state index in [4.69, 9.17) is 5.73 Å². The Bertz CT molecular complexity index is 350. The van der Waals surface area contributed by atoms with Gasteiger partial charge in [-0.25, -0.2) is 0 Å². The monoisotopic (exact) mass is 208 g/mol. The van der Waals surface area contributed by atoms with E-state index >= 15 is 0 Å². The summed E-state index contributed by atoms with van der Waals surface area (Å²) >= 11 is 0. The molecule has 1 amide bonds. The number of nitrogens with zero attached hydrogens (tertiary/aromatic N) is 1. The molecule has 4 heteroatoms. The predicted molar refractivity (Wildman–Crippen MR) is 58.0 cm³/mol. The van der Waals surface area contributed by atoms with Gasteiger partial charge in [-0.3, -0.25) is 4.79 Å². The fraction of sp³-hybridized carbons (Fsp3) is 0.364. The maximum Gasteiger partial charge on any atom is 0.250 e. The second-order valence-corrected chi connectivity index (χ2v) is 3.74. The minimum absolute atomic E-state index is 0.582. The Morgan fingerprint density at radius 2 is 2.07 bits per heavy atom. The number of aliphatic hydroxyl groups excluding tert-OH is 1. The van der Waals surface area contributed by atoms with Crippen LogP contribution in [0, 0.1) is 0 Å². The third kappa shape index (κ3) is 3.04. The molecular weight excluding hydrogens is 192 g/mol. The van der Waals surface area contributed by atoms with Gasteiger partial charge >= 0.3 is 0 Å². The van der Waals surface area contributed by atoms with Gasteiger partial charge in [-0.15, -0.1) is 0 Å². The first-order valence-electron chi connectivity index (χ1n) is 4.72. The highest BCUT2D eigenvalue weighted by Crippen LogP contribution is 2.18. The van der Waals surface area contributed by atoms with Crippen LogP contribution in [0.15, 0.2) is 24.3 Å².